The Balaban J connectivity index is 2.27. The molecule has 9 heteroatoms. The molecular weight excluding hydrogens is 388 g/mol. The van der Waals surface area contributed by atoms with Gasteiger partial charge in [0, 0.05) is 17.0 Å². The first kappa shape index (κ1) is 21.6. The minimum Gasteiger partial charge on any atom is -0.321 e. The summed E-state index contributed by atoms with van der Waals surface area (Å²) >= 11 is 0. The predicted molar refractivity (Wildman–Crippen MR) is 103 cm³/mol. The molecule has 0 atom stereocenters. The molecule has 6 nitrogen and oxygen atoms in total. The summed E-state index contributed by atoms with van der Waals surface area (Å²) in [6.07, 6.45) is 1.15. The van der Waals surface area contributed by atoms with Crippen molar-refractivity contribution < 1.29 is 22.0 Å². The molecule has 0 radical (unpaired) electrons. The van der Waals surface area contributed by atoms with Gasteiger partial charge in [-0.3, -0.25) is 4.79 Å². The largest absolute Gasteiger partial charge is 0.321 e. The summed E-state index contributed by atoms with van der Waals surface area (Å²) < 4.78 is 51.1. The third-order valence-electron chi connectivity index (χ3n) is 4.47. The molecule has 0 bridgehead atoms. The van der Waals surface area contributed by atoms with Crippen LogP contribution in [0.1, 0.15) is 43.2 Å². The van der Waals surface area contributed by atoms with Crippen LogP contribution in [0.2, 0.25) is 0 Å². The van der Waals surface area contributed by atoms with Gasteiger partial charge in [0.2, 0.25) is 0 Å². The van der Waals surface area contributed by atoms with Gasteiger partial charge in [0.25, 0.3) is 5.91 Å². The number of aromatic nitrogens is 1. The van der Waals surface area contributed by atoms with E-state index in [-0.39, 0.29) is 29.1 Å². The number of pyridine rings is 1. The van der Waals surface area contributed by atoms with Crippen molar-refractivity contribution >= 4 is 27.1 Å². The molecule has 28 heavy (non-hydrogen) atoms. The summed E-state index contributed by atoms with van der Waals surface area (Å²) in [5.41, 5.74) is 0.0325. The smallest absolute Gasteiger partial charge is 0.274 e. The second-order valence-corrected chi connectivity index (χ2v) is 9.26. The lowest BCUT2D eigenvalue weighted by Gasteiger charge is -2.25. The van der Waals surface area contributed by atoms with Crippen molar-refractivity contribution in [2.24, 2.45) is 0 Å². The van der Waals surface area contributed by atoms with Crippen LogP contribution in [0.25, 0.3) is 0 Å². The highest BCUT2D eigenvalue weighted by atomic mass is 32.2. The topological polar surface area (TPSA) is 100.0 Å². The monoisotopic (exact) mass is 409 g/mol. The van der Waals surface area contributed by atoms with E-state index in [4.69, 9.17) is 5.41 Å². The standard InChI is InChI=1S/C19H21F2N3O3S/c1-4-17(22)19(2,3)28(26,27)11-12-9-14(6-7-15(12)21)24-18(25)16-8-5-13(20)10-23-16/h5-10,22H,4,11H2,1-3H3,(H,24,25). The first-order valence-corrected chi connectivity index (χ1v) is 10.1. The van der Waals surface area contributed by atoms with E-state index in [0.29, 0.717) is 0 Å². The molecule has 1 heterocycles. The Hall–Kier alpha value is -2.68. The predicted octanol–water partition coefficient (Wildman–Crippen LogP) is 3.74. The molecule has 0 saturated carbocycles. The maximum absolute atomic E-state index is 14.2. The highest BCUT2D eigenvalue weighted by Crippen LogP contribution is 2.26. The molecule has 0 aliphatic rings. The number of anilines is 1. The van der Waals surface area contributed by atoms with Crippen molar-refractivity contribution in [2.75, 3.05) is 5.32 Å². The van der Waals surface area contributed by atoms with Crippen molar-refractivity contribution in [1.29, 1.82) is 5.41 Å². The fourth-order valence-electron chi connectivity index (χ4n) is 2.47. The number of benzene rings is 1. The molecule has 2 N–H and O–H groups in total. The van der Waals surface area contributed by atoms with Gasteiger partial charge in [-0.05, 0) is 50.6 Å². The van der Waals surface area contributed by atoms with Gasteiger partial charge in [-0.15, -0.1) is 0 Å². The number of carbonyl (C=O) groups excluding carboxylic acids is 1. The Morgan fingerprint density at radius 2 is 1.89 bits per heavy atom. The van der Waals surface area contributed by atoms with Gasteiger partial charge in [0.1, 0.15) is 22.1 Å². The van der Waals surface area contributed by atoms with Crippen LogP contribution < -0.4 is 5.32 Å². The summed E-state index contributed by atoms with van der Waals surface area (Å²) in [5, 5.41) is 10.4. The molecule has 0 spiro atoms. The van der Waals surface area contributed by atoms with E-state index < -0.39 is 37.9 Å². The zero-order valence-corrected chi connectivity index (χ0v) is 16.5. The fourth-order valence-corrected chi connectivity index (χ4v) is 3.98. The fraction of sp³-hybridized carbons (Fsp3) is 0.316. The summed E-state index contributed by atoms with van der Waals surface area (Å²) in [6, 6.07) is 5.83. The van der Waals surface area contributed by atoms with Gasteiger partial charge in [0.15, 0.2) is 9.84 Å². The lowest BCUT2D eigenvalue weighted by molar-refractivity contribution is 0.102. The number of rotatable bonds is 7. The summed E-state index contributed by atoms with van der Waals surface area (Å²) in [4.78, 5) is 15.8. The first-order valence-electron chi connectivity index (χ1n) is 8.49. The molecule has 0 aliphatic heterocycles. The quantitative estimate of drug-likeness (QED) is 0.681. The van der Waals surface area contributed by atoms with E-state index in [9.17, 15) is 22.0 Å². The van der Waals surface area contributed by atoms with Crippen LogP contribution in [-0.2, 0) is 15.6 Å². The van der Waals surface area contributed by atoms with Gasteiger partial charge in [-0.1, -0.05) is 6.92 Å². The SMILES string of the molecule is CCC(=N)C(C)(C)S(=O)(=O)Cc1cc(NC(=O)c2ccc(F)cn2)ccc1F. The third-order valence-corrected chi connectivity index (χ3v) is 6.96. The van der Waals surface area contributed by atoms with Gasteiger partial charge in [-0.2, -0.15) is 0 Å². The van der Waals surface area contributed by atoms with Crippen LogP contribution >= 0.6 is 0 Å². The van der Waals surface area contributed by atoms with Crippen LogP contribution in [0.5, 0.6) is 0 Å². The van der Waals surface area contributed by atoms with Gasteiger partial charge >= 0.3 is 0 Å². The van der Waals surface area contributed by atoms with E-state index in [2.05, 4.69) is 10.3 Å². The van der Waals surface area contributed by atoms with Crippen LogP contribution in [0, 0.1) is 17.0 Å². The molecule has 0 unspecified atom stereocenters. The average Bonchev–Trinajstić information content (AvgIpc) is 2.63. The molecule has 0 aliphatic carbocycles. The van der Waals surface area contributed by atoms with E-state index >= 15 is 0 Å². The maximum Gasteiger partial charge on any atom is 0.274 e. The number of nitrogens with zero attached hydrogens (tertiary/aromatic N) is 1. The van der Waals surface area contributed by atoms with Crippen molar-refractivity contribution in [1.82, 2.24) is 4.98 Å². The lowest BCUT2D eigenvalue weighted by Crippen LogP contribution is -2.40. The second-order valence-electron chi connectivity index (χ2n) is 6.72. The normalized spacial score (nSPS) is 11.9. The van der Waals surface area contributed by atoms with E-state index in [1.54, 1.807) is 6.92 Å². The van der Waals surface area contributed by atoms with Gasteiger partial charge in [-0.25, -0.2) is 22.2 Å². The number of amides is 1. The summed E-state index contributed by atoms with van der Waals surface area (Å²) in [6.45, 7) is 4.51. The summed E-state index contributed by atoms with van der Waals surface area (Å²) in [7, 11) is -3.88. The van der Waals surface area contributed by atoms with Crippen LogP contribution in [0.15, 0.2) is 36.5 Å². The zero-order valence-electron chi connectivity index (χ0n) is 15.7. The molecule has 1 amide bonds. The number of hydrogen-bond donors (Lipinski definition) is 2. The molecule has 1 aromatic carbocycles. The highest BCUT2D eigenvalue weighted by Gasteiger charge is 2.38. The Morgan fingerprint density at radius 1 is 1.21 bits per heavy atom. The van der Waals surface area contributed by atoms with Gasteiger partial charge < -0.3 is 10.7 Å². The maximum atomic E-state index is 14.2. The highest BCUT2D eigenvalue weighted by molar-refractivity contribution is 7.92. The number of sulfone groups is 1. The Kier molecular flexibility index (Phi) is 6.28. The Labute approximate surface area is 162 Å². The van der Waals surface area contributed by atoms with E-state index in [1.165, 1.54) is 32.0 Å². The number of hydrogen-bond acceptors (Lipinski definition) is 5. The molecule has 2 aromatic rings. The second kappa shape index (κ2) is 8.14. The van der Waals surface area contributed by atoms with Crippen LogP contribution in [0.4, 0.5) is 14.5 Å². The van der Waals surface area contributed by atoms with Crippen LogP contribution in [-0.4, -0.2) is 29.8 Å². The molecule has 0 saturated heterocycles. The molecule has 150 valence electrons. The van der Waals surface area contributed by atoms with Crippen molar-refractivity contribution in [3.63, 3.8) is 0 Å². The Bertz CT molecular complexity index is 1000. The Morgan fingerprint density at radius 3 is 2.46 bits per heavy atom. The molecule has 0 fully saturated rings. The van der Waals surface area contributed by atoms with E-state index in [0.717, 1.165) is 18.3 Å². The third kappa shape index (κ3) is 4.59. The minimum absolute atomic E-state index is 0.0275. The molecule has 2 rings (SSSR count). The van der Waals surface area contributed by atoms with Crippen molar-refractivity contribution in [2.45, 2.75) is 37.7 Å². The summed E-state index contributed by atoms with van der Waals surface area (Å²) in [5.74, 6) is -2.59. The minimum atomic E-state index is -3.88. The average molecular weight is 409 g/mol. The van der Waals surface area contributed by atoms with Crippen LogP contribution in [0.3, 0.4) is 0 Å². The zero-order chi connectivity index (χ0) is 21.1. The number of halogens is 2. The number of carbonyl (C=O) groups is 1. The van der Waals surface area contributed by atoms with Crippen molar-refractivity contribution in [3.05, 3.63) is 59.4 Å². The first-order chi connectivity index (χ1) is 13.0. The lowest BCUT2D eigenvalue weighted by atomic mass is 10.1. The van der Waals surface area contributed by atoms with Crippen molar-refractivity contribution in [3.8, 4) is 0 Å². The van der Waals surface area contributed by atoms with Gasteiger partial charge in [0.05, 0.1) is 11.9 Å². The molecule has 1 aromatic heterocycles. The number of nitrogens with one attached hydrogen (secondary N) is 2. The van der Waals surface area contributed by atoms with E-state index in [1.807, 2.05) is 0 Å². The molecular formula is C19H21F2N3O3S.